The number of urea groups is 1. The summed E-state index contributed by atoms with van der Waals surface area (Å²) in [6.45, 7) is 3.22. The molecule has 0 aliphatic carbocycles. The summed E-state index contributed by atoms with van der Waals surface area (Å²) in [5.74, 6) is -0.0607. The third kappa shape index (κ3) is 5.58. The fraction of sp³-hybridized carbons (Fsp3) is 0.263. The van der Waals surface area contributed by atoms with Crippen molar-refractivity contribution >= 4 is 29.0 Å². The largest absolute Gasteiger partial charge is 0.379 e. The van der Waals surface area contributed by atoms with Crippen molar-refractivity contribution in [1.82, 2.24) is 4.90 Å². The molecule has 136 valence electrons. The highest BCUT2D eigenvalue weighted by molar-refractivity contribution is 6.00. The first kappa shape index (κ1) is 17.9. The summed E-state index contributed by atoms with van der Waals surface area (Å²) in [6, 6.07) is 15.9. The van der Waals surface area contributed by atoms with E-state index in [4.69, 9.17) is 4.74 Å². The SMILES string of the molecule is O=C(CN1CCOCC1)Nc1ccc(NC(=O)Nc2ccccc2)cc1. The van der Waals surface area contributed by atoms with Gasteiger partial charge in [0.2, 0.25) is 5.91 Å². The maximum atomic E-state index is 12.1. The number of morpholine rings is 1. The standard InChI is InChI=1S/C19H22N4O3/c24-18(14-23-10-12-26-13-11-23)20-16-6-8-17(9-7-16)22-19(25)21-15-4-2-1-3-5-15/h1-9H,10-14H2,(H,20,24)(H2,21,22,25). The van der Waals surface area contributed by atoms with E-state index in [1.165, 1.54) is 0 Å². The van der Waals surface area contributed by atoms with Crippen molar-refractivity contribution < 1.29 is 14.3 Å². The second-order valence-corrected chi connectivity index (χ2v) is 5.96. The van der Waals surface area contributed by atoms with Crippen molar-refractivity contribution in [3.8, 4) is 0 Å². The van der Waals surface area contributed by atoms with Crippen LogP contribution in [0.25, 0.3) is 0 Å². The van der Waals surface area contributed by atoms with Crippen molar-refractivity contribution in [2.24, 2.45) is 0 Å². The number of hydrogen-bond acceptors (Lipinski definition) is 4. The van der Waals surface area contributed by atoms with Crippen molar-refractivity contribution in [1.29, 1.82) is 0 Å². The first-order valence-electron chi connectivity index (χ1n) is 8.52. The molecule has 1 saturated heterocycles. The number of amides is 3. The molecule has 26 heavy (non-hydrogen) atoms. The van der Waals surface area contributed by atoms with E-state index < -0.39 is 0 Å². The topological polar surface area (TPSA) is 82.7 Å². The second-order valence-electron chi connectivity index (χ2n) is 5.96. The summed E-state index contributed by atoms with van der Waals surface area (Å²) in [5, 5.41) is 8.36. The van der Waals surface area contributed by atoms with Crippen LogP contribution in [0.2, 0.25) is 0 Å². The van der Waals surface area contributed by atoms with Crippen LogP contribution in [-0.4, -0.2) is 49.7 Å². The number of nitrogens with zero attached hydrogens (tertiary/aromatic N) is 1. The molecule has 1 heterocycles. The molecule has 0 radical (unpaired) electrons. The summed E-state index contributed by atoms with van der Waals surface area (Å²) in [5.41, 5.74) is 2.05. The molecule has 0 bridgehead atoms. The number of hydrogen-bond donors (Lipinski definition) is 3. The summed E-state index contributed by atoms with van der Waals surface area (Å²) < 4.78 is 5.27. The predicted molar refractivity (Wildman–Crippen MR) is 101 cm³/mol. The first-order valence-corrected chi connectivity index (χ1v) is 8.52. The lowest BCUT2D eigenvalue weighted by atomic mass is 10.2. The van der Waals surface area contributed by atoms with Gasteiger partial charge in [-0.25, -0.2) is 4.79 Å². The number of anilines is 3. The Morgan fingerprint density at radius 3 is 1.96 bits per heavy atom. The quantitative estimate of drug-likeness (QED) is 0.771. The van der Waals surface area contributed by atoms with Gasteiger partial charge >= 0.3 is 6.03 Å². The smallest absolute Gasteiger partial charge is 0.323 e. The van der Waals surface area contributed by atoms with Crippen molar-refractivity contribution in [3.05, 3.63) is 54.6 Å². The molecular weight excluding hydrogens is 332 g/mol. The summed E-state index contributed by atoms with van der Waals surface area (Å²) >= 11 is 0. The van der Waals surface area contributed by atoms with Gasteiger partial charge < -0.3 is 20.7 Å². The van der Waals surface area contributed by atoms with E-state index in [1.807, 2.05) is 30.3 Å². The summed E-state index contributed by atoms with van der Waals surface area (Å²) in [6.07, 6.45) is 0. The van der Waals surface area contributed by atoms with Crippen LogP contribution in [-0.2, 0) is 9.53 Å². The fourth-order valence-electron chi connectivity index (χ4n) is 2.61. The monoisotopic (exact) mass is 354 g/mol. The van der Waals surface area contributed by atoms with E-state index in [9.17, 15) is 9.59 Å². The first-order chi connectivity index (χ1) is 12.7. The van der Waals surface area contributed by atoms with Crippen LogP contribution in [0.15, 0.2) is 54.6 Å². The Labute approximate surface area is 152 Å². The number of benzene rings is 2. The van der Waals surface area contributed by atoms with Gasteiger partial charge in [0, 0.05) is 30.2 Å². The number of rotatable bonds is 5. The van der Waals surface area contributed by atoms with Crippen LogP contribution in [0.1, 0.15) is 0 Å². The van der Waals surface area contributed by atoms with E-state index in [0.29, 0.717) is 31.1 Å². The Hall–Kier alpha value is -2.90. The van der Waals surface area contributed by atoms with Crippen molar-refractivity contribution in [2.75, 3.05) is 48.8 Å². The third-order valence-corrected chi connectivity index (χ3v) is 3.93. The van der Waals surface area contributed by atoms with Gasteiger partial charge in [0.15, 0.2) is 0 Å². The number of carbonyl (C=O) groups excluding carboxylic acids is 2. The van der Waals surface area contributed by atoms with Gasteiger partial charge in [0.1, 0.15) is 0 Å². The van der Waals surface area contributed by atoms with Gasteiger partial charge in [-0.05, 0) is 36.4 Å². The molecule has 0 unspecified atom stereocenters. The van der Waals surface area contributed by atoms with E-state index >= 15 is 0 Å². The van der Waals surface area contributed by atoms with E-state index in [2.05, 4.69) is 20.9 Å². The number of ether oxygens (including phenoxy) is 1. The van der Waals surface area contributed by atoms with Crippen LogP contribution < -0.4 is 16.0 Å². The fourth-order valence-corrected chi connectivity index (χ4v) is 2.61. The van der Waals surface area contributed by atoms with E-state index in [-0.39, 0.29) is 11.9 Å². The van der Waals surface area contributed by atoms with Crippen molar-refractivity contribution in [2.45, 2.75) is 0 Å². The molecule has 0 saturated carbocycles. The average Bonchev–Trinajstić information content (AvgIpc) is 2.65. The molecule has 3 amide bonds. The predicted octanol–water partition coefficient (Wildman–Crippen LogP) is 2.60. The van der Waals surface area contributed by atoms with Crippen LogP contribution in [0.5, 0.6) is 0 Å². The molecule has 0 atom stereocenters. The molecule has 3 rings (SSSR count). The molecule has 7 nitrogen and oxygen atoms in total. The Morgan fingerprint density at radius 1 is 0.808 bits per heavy atom. The Morgan fingerprint density at radius 2 is 1.35 bits per heavy atom. The highest BCUT2D eigenvalue weighted by Crippen LogP contribution is 2.14. The van der Waals surface area contributed by atoms with E-state index in [0.717, 1.165) is 18.8 Å². The van der Waals surface area contributed by atoms with Crippen LogP contribution in [0.3, 0.4) is 0 Å². The zero-order valence-corrected chi connectivity index (χ0v) is 14.4. The lowest BCUT2D eigenvalue weighted by Gasteiger charge is -2.25. The third-order valence-electron chi connectivity index (χ3n) is 3.93. The van der Waals surface area contributed by atoms with Gasteiger partial charge in [0.05, 0.1) is 19.8 Å². The number of nitrogens with one attached hydrogen (secondary N) is 3. The van der Waals surface area contributed by atoms with Gasteiger partial charge in [0.25, 0.3) is 0 Å². The zero-order valence-electron chi connectivity index (χ0n) is 14.4. The average molecular weight is 354 g/mol. The van der Waals surface area contributed by atoms with Crippen molar-refractivity contribution in [3.63, 3.8) is 0 Å². The molecular formula is C19H22N4O3. The van der Waals surface area contributed by atoms with Crippen LogP contribution in [0.4, 0.5) is 21.9 Å². The minimum atomic E-state index is -0.319. The molecule has 1 fully saturated rings. The summed E-state index contributed by atoms with van der Waals surface area (Å²) in [7, 11) is 0. The normalized spacial score (nSPS) is 14.5. The van der Waals surface area contributed by atoms with E-state index in [1.54, 1.807) is 24.3 Å². The lowest BCUT2D eigenvalue weighted by Crippen LogP contribution is -2.41. The molecule has 0 spiro atoms. The van der Waals surface area contributed by atoms with Gasteiger partial charge in [-0.1, -0.05) is 18.2 Å². The molecule has 7 heteroatoms. The minimum Gasteiger partial charge on any atom is -0.379 e. The van der Waals surface area contributed by atoms with Gasteiger partial charge in [-0.3, -0.25) is 9.69 Å². The molecule has 2 aromatic carbocycles. The number of carbonyl (C=O) groups is 2. The highest BCUT2D eigenvalue weighted by atomic mass is 16.5. The Bertz CT molecular complexity index is 728. The second kappa shape index (κ2) is 8.98. The molecule has 1 aliphatic rings. The van der Waals surface area contributed by atoms with Gasteiger partial charge in [-0.2, -0.15) is 0 Å². The van der Waals surface area contributed by atoms with Crippen LogP contribution >= 0.6 is 0 Å². The maximum Gasteiger partial charge on any atom is 0.323 e. The lowest BCUT2D eigenvalue weighted by molar-refractivity contribution is -0.118. The molecule has 0 aromatic heterocycles. The number of para-hydroxylation sites is 1. The molecule has 2 aromatic rings. The maximum absolute atomic E-state index is 12.1. The van der Waals surface area contributed by atoms with Gasteiger partial charge in [-0.15, -0.1) is 0 Å². The van der Waals surface area contributed by atoms with Crippen LogP contribution in [0, 0.1) is 0 Å². The Kier molecular flexibility index (Phi) is 6.19. The Balaban J connectivity index is 1.46. The molecule has 3 N–H and O–H groups in total. The zero-order chi connectivity index (χ0) is 18.2. The minimum absolute atomic E-state index is 0.0607. The molecule has 1 aliphatic heterocycles. The summed E-state index contributed by atoms with van der Waals surface area (Å²) in [4.78, 5) is 26.1. The highest BCUT2D eigenvalue weighted by Gasteiger charge is 2.14.